The third kappa shape index (κ3) is 4.40. The Hall–Kier alpha value is -3.44. The number of H-pyrrole nitrogens is 1. The Bertz CT molecular complexity index is 1060. The Balaban J connectivity index is 1.80. The van der Waals surface area contributed by atoms with E-state index in [-0.39, 0.29) is 10.7 Å². The molecule has 0 saturated heterocycles. The summed E-state index contributed by atoms with van der Waals surface area (Å²) >= 11 is 0. The molecular formula is C16H17N7O3S. The highest BCUT2D eigenvalue weighted by Crippen LogP contribution is 2.33. The highest BCUT2D eigenvalue weighted by molar-refractivity contribution is 7.89. The van der Waals surface area contributed by atoms with Crippen LogP contribution in [0.5, 0.6) is 5.75 Å². The molecule has 0 aliphatic heterocycles. The summed E-state index contributed by atoms with van der Waals surface area (Å²) in [4.78, 5) is 0.00834. The van der Waals surface area contributed by atoms with E-state index >= 15 is 0 Å². The van der Waals surface area contributed by atoms with Crippen molar-refractivity contribution in [1.29, 1.82) is 0 Å². The molecule has 2 aromatic carbocycles. The molecule has 3 rings (SSSR count). The van der Waals surface area contributed by atoms with E-state index in [0.717, 1.165) is 0 Å². The average molecular weight is 387 g/mol. The molecule has 6 N–H and O–H groups in total. The number of ether oxygens (including phenoxy) is 1. The Morgan fingerprint density at radius 1 is 1.07 bits per heavy atom. The van der Waals surface area contributed by atoms with E-state index in [4.69, 9.17) is 15.6 Å². The quantitative estimate of drug-likeness (QED) is 0.475. The number of nitrogen functional groups attached to an aromatic ring is 1. The number of sulfonamides is 1. The van der Waals surface area contributed by atoms with Crippen LogP contribution in [0, 0.1) is 0 Å². The van der Waals surface area contributed by atoms with Crippen LogP contribution in [0.25, 0.3) is 0 Å². The van der Waals surface area contributed by atoms with Gasteiger partial charge in [0.2, 0.25) is 10.0 Å². The first-order valence-electron chi connectivity index (χ1n) is 7.66. The van der Waals surface area contributed by atoms with Gasteiger partial charge in [0.05, 0.1) is 17.7 Å². The highest BCUT2D eigenvalue weighted by Gasteiger charge is 2.12. The van der Waals surface area contributed by atoms with Crippen LogP contribution in [0.2, 0.25) is 0 Å². The molecule has 0 bridgehead atoms. The van der Waals surface area contributed by atoms with Crippen LogP contribution >= 0.6 is 0 Å². The lowest BCUT2D eigenvalue weighted by atomic mass is 10.3. The van der Waals surface area contributed by atoms with Crippen LogP contribution in [-0.2, 0) is 10.0 Å². The van der Waals surface area contributed by atoms with Crippen LogP contribution in [0.15, 0.2) is 63.7 Å². The summed E-state index contributed by atoms with van der Waals surface area (Å²) in [5.41, 5.74) is 7.37. The first kappa shape index (κ1) is 18.4. The fraction of sp³-hybridized carbons (Fsp3) is 0.0625. The van der Waals surface area contributed by atoms with Crippen molar-refractivity contribution in [2.45, 2.75) is 4.90 Å². The van der Waals surface area contributed by atoms with Gasteiger partial charge in [-0.2, -0.15) is 10.2 Å². The number of azo groups is 1. The van der Waals surface area contributed by atoms with Gasteiger partial charge in [-0.15, -0.1) is 5.11 Å². The van der Waals surface area contributed by atoms with Crippen LogP contribution < -0.4 is 20.9 Å². The van der Waals surface area contributed by atoms with Crippen molar-refractivity contribution >= 4 is 38.7 Å². The Morgan fingerprint density at radius 3 is 2.33 bits per heavy atom. The van der Waals surface area contributed by atoms with Crippen molar-refractivity contribution < 1.29 is 13.2 Å². The predicted molar refractivity (Wildman–Crippen MR) is 101 cm³/mol. The van der Waals surface area contributed by atoms with Crippen LogP contribution in [-0.4, -0.2) is 25.7 Å². The maximum atomic E-state index is 11.3. The van der Waals surface area contributed by atoms with Gasteiger partial charge in [0.1, 0.15) is 11.6 Å². The topological polar surface area (TPSA) is 161 Å². The molecule has 0 amide bonds. The summed E-state index contributed by atoms with van der Waals surface area (Å²) in [6.07, 6.45) is 0. The van der Waals surface area contributed by atoms with Gasteiger partial charge in [0.25, 0.3) is 0 Å². The molecule has 0 unspecified atom stereocenters. The third-order valence-electron chi connectivity index (χ3n) is 3.55. The van der Waals surface area contributed by atoms with Crippen molar-refractivity contribution in [2.75, 3.05) is 18.2 Å². The number of anilines is 3. The van der Waals surface area contributed by atoms with Gasteiger partial charge in [0.15, 0.2) is 11.5 Å². The molecule has 0 fully saturated rings. The number of aromatic nitrogens is 2. The van der Waals surface area contributed by atoms with Crippen LogP contribution in [0.3, 0.4) is 0 Å². The van der Waals surface area contributed by atoms with E-state index in [2.05, 4.69) is 25.7 Å². The summed E-state index contributed by atoms with van der Waals surface area (Å²) in [6, 6.07) is 12.9. The van der Waals surface area contributed by atoms with Crippen molar-refractivity contribution in [3.8, 4) is 5.75 Å². The van der Waals surface area contributed by atoms with Crippen molar-refractivity contribution in [3.63, 3.8) is 0 Å². The van der Waals surface area contributed by atoms with E-state index in [0.29, 0.717) is 28.6 Å². The number of rotatable bonds is 6. The van der Waals surface area contributed by atoms with E-state index in [1.54, 1.807) is 43.5 Å². The number of hydrogen-bond acceptors (Lipinski definition) is 8. The van der Waals surface area contributed by atoms with Gasteiger partial charge in [-0.25, -0.2) is 13.6 Å². The number of hydrogen-bond donors (Lipinski definition) is 4. The molecule has 1 heterocycles. The van der Waals surface area contributed by atoms with Gasteiger partial charge in [0, 0.05) is 5.69 Å². The zero-order valence-electron chi connectivity index (χ0n) is 14.2. The zero-order valence-corrected chi connectivity index (χ0v) is 15.1. The lowest BCUT2D eigenvalue weighted by molar-refractivity contribution is 0.415. The monoisotopic (exact) mass is 387 g/mol. The van der Waals surface area contributed by atoms with Gasteiger partial charge in [-0.1, -0.05) is 0 Å². The molecule has 0 spiro atoms. The Labute approximate surface area is 155 Å². The highest BCUT2D eigenvalue weighted by atomic mass is 32.2. The molecule has 0 aliphatic carbocycles. The number of benzene rings is 2. The fourth-order valence-corrected chi connectivity index (χ4v) is 2.67. The van der Waals surface area contributed by atoms with Crippen LogP contribution in [0.4, 0.5) is 28.7 Å². The first-order chi connectivity index (χ1) is 12.9. The SMILES string of the molecule is COc1ccc(N=Nc2c(Nc3ccc(S(N)(=O)=O)cc3)n[nH]c2N)cc1. The maximum absolute atomic E-state index is 11.3. The minimum Gasteiger partial charge on any atom is -0.497 e. The second-order valence-corrected chi connectivity index (χ2v) is 6.99. The molecule has 11 heteroatoms. The van der Waals surface area contributed by atoms with Gasteiger partial charge in [-0.05, 0) is 48.5 Å². The minimum atomic E-state index is -3.75. The summed E-state index contributed by atoms with van der Waals surface area (Å²) in [7, 11) is -2.17. The van der Waals surface area contributed by atoms with Crippen molar-refractivity contribution in [2.24, 2.45) is 15.4 Å². The van der Waals surface area contributed by atoms with Gasteiger partial charge >= 0.3 is 0 Å². The lowest BCUT2D eigenvalue weighted by Crippen LogP contribution is -2.11. The second kappa shape index (κ2) is 7.43. The minimum absolute atomic E-state index is 0.00834. The molecule has 0 saturated carbocycles. The Kier molecular flexibility index (Phi) is 5.05. The zero-order chi connectivity index (χ0) is 19.4. The molecule has 27 heavy (non-hydrogen) atoms. The predicted octanol–water partition coefficient (Wildman–Crippen LogP) is 2.81. The summed E-state index contributed by atoms with van der Waals surface area (Å²) in [5, 5.41) is 23.0. The standard InChI is InChI=1S/C16H17N7O3S/c1-26-12-6-2-11(3-7-12)20-21-14-15(17)22-23-16(14)19-10-4-8-13(9-5-10)27(18,24)25/h2-9H,1H3,(H2,18,24,25)(H4,17,19,22,23). The lowest BCUT2D eigenvalue weighted by Gasteiger charge is -2.05. The van der Waals surface area contributed by atoms with E-state index in [1.807, 2.05) is 0 Å². The van der Waals surface area contributed by atoms with Gasteiger partial charge in [-0.3, -0.25) is 5.10 Å². The molecule has 3 aromatic rings. The largest absolute Gasteiger partial charge is 0.497 e. The molecule has 0 atom stereocenters. The number of methoxy groups -OCH3 is 1. The van der Waals surface area contributed by atoms with Crippen molar-refractivity contribution in [3.05, 3.63) is 48.5 Å². The van der Waals surface area contributed by atoms with Crippen LogP contribution in [0.1, 0.15) is 0 Å². The number of primary sulfonamides is 1. The molecule has 1 aromatic heterocycles. The smallest absolute Gasteiger partial charge is 0.238 e. The number of nitrogens with zero attached hydrogens (tertiary/aromatic N) is 3. The molecule has 140 valence electrons. The summed E-state index contributed by atoms with van der Waals surface area (Å²) < 4.78 is 27.7. The van der Waals surface area contributed by atoms with Crippen molar-refractivity contribution in [1.82, 2.24) is 10.2 Å². The third-order valence-corrected chi connectivity index (χ3v) is 4.48. The average Bonchev–Trinajstić information content (AvgIpc) is 2.99. The number of aromatic amines is 1. The number of nitrogens with two attached hydrogens (primary N) is 2. The van der Waals surface area contributed by atoms with E-state index in [9.17, 15) is 8.42 Å². The maximum Gasteiger partial charge on any atom is 0.238 e. The molecule has 0 aliphatic rings. The molecule has 10 nitrogen and oxygen atoms in total. The number of nitrogens with one attached hydrogen (secondary N) is 2. The first-order valence-corrected chi connectivity index (χ1v) is 9.21. The Morgan fingerprint density at radius 2 is 1.74 bits per heavy atom. The van der Waals surface area contributed by atoms with Gasteiger partial charge < -0.3 is 15.8 Å². The second-order valence-electron chi connectivity index (χ2n) is 5.43. The molecular weight excluding hydrogens is 370 g/mol. The molecule has 0 radical (unpaired) electrons. The fourth-order valence-electron chi connectivity index (χ4n) is 2.16. The summed E-state index contributed by atoms with van der Waals surface area (Å²) in [6.45, 7) is 0. The van der Waals surface area contributed by atoms with E-state index < -0.39 is 10.0 Å². The van der Waals surface area contributed by atoms with E-state index in [1.165, 1.54) is 12.1 Å². The normalized spacial score (nSPS) is 11.6. The summed E-state index contributed by atoms with van der Waals surface area (Å²) in [5.74, 6) is 1.28.